The highest BCUT2D eigenvalue weighted by molar-refractivity contribution is 14.1. The van der Waals surface area contributed by atoms with Crippen molar-refractivity contribution < 1.29 is 0 Å². The van der Waals surface area contributed by atoms with Gasteiger partial charge in [-0.05, 0) is 62.5 Å². The first-order chi connectivity index (χ1) is 5.24. The summed E-state index contributed by atoms with van der Waals surface area (Å²) in [6.07, 6.45) is 0. The fraction of sp³-hybridized carbons (Fsp3) is 0.250. The van der Waals surface area contributed by atoms with E-state index < -0.39 is 0 Å². The minimum atomic E-state index is 1.13. The Morgan fingerprint density at radius 3 is 2.82 bits per heavy atom. The van der Waals surface area contributed by atoms with Gasteiger partial charge in [-0.25, -0.2) is 0 Å². The molecule has 0 spiro atoms. The van der Waals surface area contributed by atoms with E-state index in [1.165, 1.54) is 12.9 Å². The Morgan fingerprint density at radius 2 is 2.27 bits per heavy atom. The second kappa shape index (κ2) is 4.72. The van der Waals surface area contributed by atoms with Crippen LogP contribution in [0.25, 0.3) is 0 Å². The van der Waals surface area contributed by atoms with Crippen LogP contribution in [0.15, 0.2) is 27.6 Å². The Bertz CT molecular complexity index is 250. The van der Waals surface area contributed by atoms with E-state index in [4.69, 9.17) is 0 Å². The summed E-state index contributed by atoms with van der Waals surface area (Å²) >= 11 is 7.67. The van der Waals surface area contributed by atoms with Gasteiger partial charge in [0.1, 0.15) is 0 Å². The van der Waals surface area contributed by atoms with Crippen LogP contribution in [0, 0.1) is 3.57 Å². The van der Waals surface area contributed by atoms with E-state index in [1.807, 2.05) is 11.8 Å². The van der Waals surface area contributed by atoms with E-state index in [1.54, 1.807) is 0 Å². The molecule has 0 aromatic heterocycles. The van der Waals surface area contributed by atoms with E-state index >= 15 is 0 Å². The molecule has 0 unspecified atom stereocenters. The van der Waals surface area contributed by atoms with E-state index in [2.05, 4.69) is 63.6 Å². The van der Waals surface area contributed by atoms with E-state index in [0.29, 0.717) is 0 Å². The van der Waals surface area contributed by atoms with Gasteiger partial charge in [-0.2, -0.15) is 0 Å². The van der Waals surface area contributed by atoms with Crippen molar-refractivity contribution in [2.24, 2.45) is 0 Å². The maximum atomic E-state index is 3.50. The number of hydrogen-bond donors (Lipinski definition) is 0. The largest absolute Gasteiger partial charge is 0.126 e. The maximum Gasteiger partial charge on any atom is 0.0319 e. The molecule has 0 N–H and O–H groups in total. The van der Waals surface area contributed by atoms with Gasteiger partial charge in [0, 0.05) is 12.9 Å². The first-order valence-electron chi connectivity index (χ1n) is 3.32. The maximum absolute atomic E-state index is 3.50. The molecule has 1 aromatic carbocycles. The lowest BCUT2D eigenvalue weighted by molar-refractivity contribution is 1.39. The normalized spacial score (nSPS) is 10.1. The molecule has 11 heavy (non-hydrogen) atoms. The highest BCUT2D eigenvalue weighted by Crippen LogP contribution is 2.25. The molecule has 0 heterocycles. The van der Waals surface area contributed by atoms with Gasteiger partial charge in [0.2, 0.25) is 0 Å². The van der Waals surface area contributed by atoms with E-state index in [-0.39, 0.29) is 0 Å². The number of thioether (sulfide) groups is 1. The van der Waals surface area contributed by atoms with Gasteiger partial charge in [0.15, 0.2) is 0 Å². The van der Waals surface area contributed by atoms with Crippen LogP contribution in [0.5, 0.6) is 0 Å². The standard InChI is InChI=1S/C8H8BrIS/c1-2-11-6-3-4-8(10)7(9)5-6/h3-5H,2H2,1H3. The number of halogens is 2. The van der Waals surface area contributed by atoms with Crippen LogP contribution < -0.4 is 0 Å². The topological polar surface area (TPSA) is 0 Å². The quantitative estimate of drug-likeness (QED) is 0.574. The van der Waals surface area contributed by atoms with Crippen LogP contribution in [0.3, 0.4) is 0 Å². The molecular formula is C8H8BrIS. The van der Waals surface area contributed by atoms with Crippen LogP contribution in [0.2, 0.25) is 0 Å². The van der Waals surface area contributed by atoms with E-state index in [0.717, 1.165) is 5.75 Å². The average molecular weight is 343 g/mol. The predicted octanol–water partition coefficient (Wildman–Crippen LogP) is 4.17. The van der Waals surface area contributed by atoms with Crippen LogP contribution in [-0.2, 0) is 0 Å². The molecular weight excluding hydrogens is 335 g/mol. The molecule has 60 valence electrons. The molecule has 1 rings (SSSR count). The van der Waals surface area contributed by atoms with Crippen LogP contribution >= 0.6 is 50.3 Å². The van der Waals surface area contributed by atoms with Gasteiger partial charge >= 0.3 is 0 Å². The summed E-state index contributed by atoms with van der Waals surface area (Å²) in [6.45, 7) is 2.16. The fourth-order valence-electron chi connectivity index (χ4n) is 0.733. The zero-order valence-electron chi connectivity index (χ0n) is 6.10. The smallest absolute Gasteiger partial charge is 0.0319 e. The van der Waals surface area contributed by atoms with Gasteiger partial charge in [0.25, 0.3) is 0 Å². The summed E-state index contributed by atoms with van der Waals surface area (Å²) in [7, 11) is 0. The van der Waals surface area contributed by atoms with Crippen LogP contribution in [0.1, 0.15) is 6.92 Å². The summed E-state index contributed by atoms with van der Waals surface area (Å²) in [4.78, 5) is 1.33. The first-order valence-corrected chi connectivity index (χ1v) is 6.17. The predicted molar refractivity (Wildman–Crippen MR) is 63.3 cm³/mol. The molecule has 0 fully saturated rings. The van der Waals surface area contributed by atoms with Crippen molar-refractivity contribution in [3.63, 3.8) is 0 Å². The number of hydrogen-bond acceptors (Lipinski definition) is 1. The molecule has 0 aliphatic carbocycles. The third-order valence-corrected chi connectivity index (χ3v) is 4.42. The Labute approximate surface area is 93.4 Å². The summed E-state index contributed by atoms with van der Waals surface area (Å²) in [6, 6.07) is 6.44. The number of rotatable bonds is 2. The molecule has 0 radical (unpaired) electrons. The van der Waals surface area contributed by atoms with Crippen molar-refractivity contribution in [2.75, 3.05) is 5.75 Å². The van der Waals surface area contributed by atoms with Crippen molar-refractivity contribution in [3.05, 3.63) is 26.2 Å². The minimum Gasteiger partial charge on any atom is -0.126 e. The Kier molecular flexibility index (Phi) is 4.23. The molecule has 3 heteroatoms. The molecule has 0 aliphatic rings. The molecule has 0 aliphatic heterocycles. The fourth-order valence-corrected chi connectivity index (χ4v) is 2.30. The van der Waals surface area contributed by atoms with Crippen molar-refractivity contribution in [2.45, 2.75) is 11.8 Å². The Balaban J connectivity index is 2.86. The monoisotopic (exact) mass is 342 g/mol. The molecule has 0 amide bonds. The zero-order chi connectivity index (χ0) is 8.27. The average Bonchev–Trinajstić information content (AvgIpc) is 1.98. The van der Waals surface area contributed by atoms with Gasteiger partial charge in [0.05, 0.1) is 0 Å². The second-order valence-corrected chi connectivity index (χ2v) is 5.36. The molecule has 0 atom stereocenters. The van der Waals surface area contributed by atoms with Crippen molar-refractivity contribution in [1.29, 1.82) is 0 Å². The zero-order valence-corrected chi connectivity index (χ0v) is 10.7. The summed E-state index contributed by atoms with van der Waals surface area (Å²) < 4.78 is 2.46. The molecule has 0 bridgehead atoms. The third kappa shape index (κ3) is 2.95. The van der Waals surface area contributed by atoms with Crippen molar-refractivity contribution in [3.8, 4) is 0 Å². The lowest BCUT2D eigenvalue weighted by Crippen LogP contribution is -1.76. The van der Waals surface area contributed by atoms with Crippen molar-refractivity contribution >= 4 is 50.3 Å². The van der Waals surface area contributed by atoms with Crippen LogP contribution in [-0.4, -0.2) is 5.75 Å². The third-order valence-electron chi connectivity index (χ3n) is 1.20. The summed E-state index contributed by atoms with van der Waals surface area (Å²) in [5.41, 5.74) is 0. The van der Waals surface area contributed by atoms with Gasteiger partial charge in [-0.3, -0.25) is 0 Å². The highest BCUT2D eigenvalue weighted by atomic mass is 127. The van der Waals surface area contributed by atoms with E-state index in [9.17, 15) is 0 Å². The molecule has 0 nitrogen and oxygen atoms in total. The highest BCUT2D eigenvalue weighted by Gasteiger charge is 1.96. The Hall–Kier alpha value is 0.780. The summed E-state index contributed by atoms with van der Waals surface area (Å²) in [5, 5.41) is 0. The van der Waals surface area contributed by atoms with Gasteiger partial charge in [-0.15, -0.1) is 11.8 Å². The summed E-state index contributed by atoms with van der Waals surface area (Å²) in [5.74, 6) is 1.13. The molecule has 0 saturated heterocycles. The van der Waals surface area contributed by atoms with Crippen LogP contribution in [0.4, 0.5) is 0 Å². The Morgan fingerprint density at radius 1 is 1.55 bits per heavy atom. The first kappa shape index (κ1) is 9.86. The van der Waals surface area contributed by atoms with Gasteiger partial charge < -0.3 is 0 Å². The SMILES string of the molecule is CCSc1ccc(I)c(Br)c1. The van der Waals surface area contributed by atoms with Gasteiger partial charge in [-0.1, -0.05) is 6.92 Å². The van der Waals surface area contributed by atoms with Crippen molar-refractivity contribution in [1.82, 2.24) is 0 Å². The molecule has 1 aromatic rings. The lowest BCUT2D eigenvalue weighted by Gasteiger charge is -2.00. The lowest BCUT2D eigenvalue weighted by atomic mass is 10.4. The second-order valence-electron chi connectivity index (χ2n) is 2.01. The number of benzene rings is 1. The molecule has 0 saturated carbocycles. The minimum absolute atomic E-state index is 1.13.